The Balaban J connectivity index is 1.39. The Hall–Kier alpha value is -2.87. The number of hydrogen-bond acceptors (Lipinski definition) is 2. The van der Waals surface area contributed by atoms with Crippen molar-refractivity contribution >= 4 is 5.84 Å². The first-order valence-corrected chi connectivity index (χ1v) is 9.87. The van der Waals surface area contributed by atoms with Gasteiger partial charge in [-0.25, -0.2) is 0 Å². The van der Waals surface area contributed by atoms with E-state index in [1.807, 2.05) is 0 Å². The van der Waals surface area contributed by atoms with Gasteiger partial charge in [-0.15, -0.1) is 0 Å². The predicted molar refractivity (Wildman–Crippen MR) is 111 cm³/mol. The van der Waals surface area contributed by atoms with Gasteiger partial charge in [0.05, 0.1) is 11.9 Å². The highest BCUT2D eigenvalue weighted by Gasteiger charge is 2.32. The molecular formula is C25H24N2. The van der Waals surface area contributed by atoms with Crippen molar-refractivity contribution in [2.24, 2.45) is 10.9 Å². The number of aliphatic imine (C=N–C) groups is 1. The molecule has 134 valence electrons. The molecule has 27 heavy (non-hydrogen) atoms. The highest BCUT2D eigenvalue weighted by Crippen LogP contribution is 2.38. The van der Waals surface area contributed by atoms with Crippen LogP contribution >= 0.6 is 0 Å². The van der Waals surface area contributed by atoms with Crippen LogP contribution < -0.4 is 5.32 Å². The van der Waals surface area contributed by atoms with Crippen LogP contribution in [0.1, 0.15) is 40.8 Å². The van der Waals surface area contributed by atoms with E-state index in [0.29, 0.717) is 5.92 Å². The SMILES string of the molecule is c1ccc(C2N=C(CC3Cc4ccccc4C3)NC2c2ccccc2)cc1. The van der Waals surface area contributed by atoms with Crippen molar-refractivity contribution in [2.75, 3.05) is 0 Å². The molecule has 0 saturated carbocycles. The molecule has 0 aromatic heterocycles. The van der Waals surface area contributed by atoms with Crippen LogP contribution in [0, 0.1) is 5.92 Å². The van der Waals surface area contributed by atoms with Gasteiger partial charge in [-0.1, -0.05) is 84.9 Å². The fraction of sp³-hybridized carbons (Fsp3) is 0.240. The lowest BCUT2D eigenvalue weighted by molar-refractivity contribution is 0.558. The summed E-state index contributed by atoms with van der Waals surface area (Å²) >= 11 is 0. The monoisotopic (exact) mass is 352 g/mol. The van der Waals surface area contributed by atoms with Crippen LogP contribution in [0.25, 0.3) is 0 Å². The van der Waals surface area contributed by atoms with E-state index in [4.69, 9.17) is 4.99 Å². The number of nitrogens with one attached hydrogen (secondary N) is 1. The van der Waals surface area contributed by atoms with Crippen molar-refractivity contribution in [3.63, 3.8) is 0 Å². The molecule has 2 unspecified atom stereocenters. The van der Waals surface area contributed by atoms with Crippen LogP contribution in [0.4, 0.5) is 0 Å². The smallest absolute Gasteiger partial charge is 0.101 e. The minimum Gasteiger partial charge on any atom is -0.364 e. The Morgan fingerprint density at radius 3 is 1.89 bits per heavy atom. The number of benzene rings is 3. The molecule has 2 aliphatic rings. The fourth-order valence-electron chi connectivity index (χ4n) is 4.56. The van der Waals surface area contributed by atoms with E-state index in [-0.39, 0.29) is 12.1 Å². The van der Waals surface area contributed by atoms with Crippen LogP contribution in [0.15, 0.2) is 89.9 Å². The van der Waals surface area contributed by atoms with Gasteiger partial charge in [0.1, 0.15) is 6.04 Å². The minimum absolute atomic E-state index is 0.146. The Labute approximate surface area is 161 Å². The number of amidine groups is 1. The molecule has 0 fully saturated rings. The lowest BCUT2D eigenvalue weighted by Crippen LogP contribution is -2.26. The maximum atomic E-state index is 5.15. The van der Waals surface area contributed by atoms with E-state index in [9.17, 15) is 0 Å². The summed E-state index contributed by atoms with van der Waals surface area (Å²) < 4.78 is 0. The lowest BCUT2D eigenvalue weighted by atomic mass is 9.95. The van der Waals surface area contributed by atoms with Crippen LogP contribution in [-0.2, 0) is 12.8 Å². The maximum Gasteiger partial charge on any atom is 0.101 e. The molecule has 5 rings (SSSR count). The quantitative estimate of drug-likeness (QED) is 0.679. The first kappa shape index (κ1) is 16.3. The summed E-state index contributed by atoms with van der Waals surface area (Å²) in [5.41, 5.74) is 5.61. The van der Waals surface area contributed by atoms with Crippen molar-refractivity contribution in [3.05, 3.63) is 107 Å². The average Bonchev–Trinajstić information content (AvgIpc) is 3.33. The number of hydrogen-bond donors (Lipinski definition) is 1. The van der Waals surface area contributed by atoms with Gasteiger partial charge in [-0.2, -0.15) is 0 Å². The highest BCUT2D eigenvalue weighted by molar-refractivity contribution is 5.85. The van der Waals surface area contributed by atoms with E-state index >= 15 is 0 Å². The summed E-state index contributed by atoms with van der Waals surface area (Å²) in [4.78, 5) is 5.15. The van der Waals surface area contributed by atoms with E-state index in [1.54, 1.807) is 0 Å². The van der Waals surface area contributed by atoms with Gasteiger partial charge < -0.3 is 5.32 Å². The Morgan fingerprint density at radius 1 is 0.704 bits per heavy atom. The third-order valence-corrected chi connectivity index (χ3v) is 5.85. The largest absolute Gasteiger partial charge is 0.364 e. The van der Waals surface area contributed by atoms with Crippen molar-refractivity contribution in [1.29, 1.82) is 0 Å². The summed E-state index contributed by atoms with van der Waals surface area (Å²) in [6.07, 6.45) is 3.37. The van der Waals surface area contributed by atoms with Gasteiger partial charge in [0.2, 0.25) is 0 Å². The number of nitrogens with zero attached hydrogens (tertiary/aromatic N) is 1. The van der Waals surface area contributed by atoms with Gasteiger partial charge >= 0.3 is 0 Å². The molecule has 2 heteroatoms. The molecule has 0 radical (unpaired) electrons. The summed E-state index contributed by atoms with van der Waals surface area (Å²) in [7, 11) is 0. The second kappa shape index (κ2) is 7.03. The standard InChI is InChI=1S/C25H24N2/c1-3-9-19(10-4-1)24-25(20-11-5-2-6-12-20)27-23(26-24)17-18-15-21-13-7-8-14-22(21)16-18/h1-14,18,24-25H,15-17H2,(H,26,27). The molecule has 1 N–H and O–H groups in total. The molecule has 1 aliphatic heterocycles. The normalized spacial score (nSPS) is 21.6. The first-order valence-electron chi connectivity index (χ1n) is 9.87. The molecule has 3 aromatic rings. The molecule has 0 saturated heterocycles. The number of fused-ring (bicyclic) bond motifs is 1. The topological polar surface area (TPSA) is 24.4 Å². The molecule has 3 aromatic carbocycles. The van der Waals surface area contributed by atoms with Crippen LogP contribution in [0.2, 0.25) is 0 Å². The van der Waals surface area contributed by atoms with Gasteiger partial charge in [0, 0.05) is 6.42 Å². The van der Waals surface area contributed by atoms with Crippen molar-refractivity contribution in [2.45, 2.75) is 31.3 Å². The third-order valence-electron chi connectivity index (χ3n) is 5.85. The molecule has 2 atom stereocenters. The summed E-state index contributed by atoms with van der Waals surface area (Å²) in [6, 6.07) is 30.6. The Kier molecular flexibility index (Phi) is 4.25. The van der Waals surface area contributed by atoms with Gasteiger partial charge in [-0.3, -0.25) is 4.99 Å². The van der Waals surface area contributed by atoms with Crippen LogP contribution in [0.5, 0.6) is 0 Å². The second-order valence-electron chi connectivity index (χ2n) is 7.71. The molecule has 0 bridgehead atoms. The Bertz CT molecular complexity index is 921. The fourth-order valence-corrected chi connectivity index (χ4v) is 4.56. The molecule has 2 nitrogen and oxygen atoms in total. The molecule has 0 spiro atoms. The zero-order chi connectivity index (χ0) is 18.1. The second-order valence-corrected chi connectivity index (χ2v) is 7.71. The summed E-state index contributed by atoms with van der Waals surface area (Å²) in [5, 5.41) is 3.76. The van der Waals surface area contributed by atoms with Crippen LogP contribution in [-0.4, -0.2) is 5.84 Å². The van der Waals surface area contributed by atoms with Crippen molar-refractivity contribution < 1.29 is 0 Å². The predicted octanol–water partition coefficient (Wildman–Crippen LogP) is 5.28. The van der Waals surface area contributed by atoms with E-state index in [2.05, 4.69) is 90.2 Å². The zero-order valence-corrected chi connectivity index (χ0v) is 15.4. The first-order chi connectivity index (χ1) is 13.4. The van der Waals surface area contributed by atoms with E-state index in [0.717, 1.165) is 12.3 Å². The van der Waals surface area contributed by atoms with Crippen LogP contribution in [0.3, 0.4) is 0 Å². The van der Waals surface area contributed by atoms with Gasteiger partial charge in [-0.05, 0) is 41.0 Å². The lowest BCUT2D eigenvalue weighted by Gasteiger charge is -2.20. The van der Waals surface area contributed by atoms with Gasteiger partial charge in [0.25, 0.3) is 0 Å². The third kappa shape index (κ3) is 3.28. The van der Waals surface area contributed by atoms with Gasteiger partial charge in [0.15, 0.2) is 0 Å². The molecule has 1 aliphatic carbocycles. The molecule has 1 heterocycles. The molecule has 0 amide bonds. The van der Waals surface area contributed by atoms with E-state index in [1.165, 1.54) is 35.1 Å². The van der Waals surface area contributed by atoms with Crippen molar-refractivity contribution in [3.8, 4) is 0 Å². The number of rotatable bonds is 4. The van der Waals surface area contributed by atoms with E-state index < -0.39 is 0 Å². The summed E-state index contributed by atoms with van der Waals surface area (Å²) in [6.45, 7) is 0. The molecular weight excluding hydrogens is 328 g/mol. The maximum absolute atomic E-state index is 5.15. The average molecular weight is 352 g/mol. The Morgan fingerprint density at radius 2 is 1.26 bits per heavy atom. The van der Waals surface area contributed by atoms with Crippen molar-refractivity contribution in [1.82, 2.24) is 5.32 Å². The zero-order valence-electron chi connectivity index (χ0n) is 15.4. The summed E-state index contributed by atoms with van der Waals surface area (Å²) in [5.74, 6) is 1.81. The highest BCUT2D eigenvalue weighted by atomic mass is 15.1. The minimum atomic E-state index is 0.146.